The molecule has 5 rings (SSSR count). The maximum Gasteiger partial charge on any atom is 0.305 e. The molecule has 2 bridgehead atoms. The molecular weight excluding hydrogens is 580 g/mol. The highest BCUT2D eigenvalue weighted by atomic mass is 16.5. The van der Waals surface area contributed by atoms with E-state index in [1.807, 2.05) is 6.26 Å². The third-order valence-corrected chi connectivity index (χ3v) is 13.5. The molecule has 0 amide bonds. The first-order valence-electron chi connectivity index (χ1n) is 20.5. The van der Waals surface area contributed by atoms with Crippen molar-refractivity contribution in [2.75, 3.05) is 6.61 Å². The molecule has 1 aromatic rings. The van der Waals surface area contributed by atoms with Crippen LogP contribution >= 0.6 is 0 Å². The molecule has 3 saturated carbocycles. The summed E-state index contributed by atoms with van der Waals surface area (Å²) in [6.07, 6.45) is 40.5. The fourth-order valence-electron chi connectivity index (χ4n) is 10.8. The molecule has 4 aliphatic rings. The number of carbonyl (C=O) groups is 1. The Morgan fingerprint density at radius 3 is 2.00 bits per heavy atom. The van der Waals surface area contributed by atoms with Gasteiger partial charge >= 0.3 is 5.97 Å². The maximum atomic E-state index is 12.7. The van der Waals surface area contributed by atoms with Gasteiger partial charge in [0.2, 0.25) is 0 Å². The zero-order valence-electron chi connectivity index (χ0n) is 30.5. The summed E-state index contributed by atoms with van der Waals surface area (Å²) in [7, 11) is 0. The molecule has 266 valence electrons. The molecule has 4 heteroatoms. The van der Waals surface area contributed by atoms with Gasteiger partial charge in [0.05, 0.1) is 6.26 Å². The van der Waals surface area contributed by atoms with Gasteiger partial charge in [-0.3, -0.25) is 4.79 Å². The van der Waals surface area contributed by atoms with Gasteiger partial charge in [0.15, 0.2) is 0 Å². The van der Waals surface area contributed by atoms with Crippen LogP contribution in [0.25, 0.3) is 6.08 Å². The molecule has 4 aliphatic carbocycles. The number of ether oxygens (including phenoxy) is 1. The van der Waals surface area contributed by atoms with Crippen LogP contribution in [0.4, 0.5) is 0 Å². The monoisotopic (exact) mass is 651 g/mol. The fourth-order valence-corrected chi connectivity index (χ4v) is 10.8. The molecule has 0 radical (unpaired) electrons. The number of fused-ring (bicyclic) bond motifs is 5. The van der Waals surface area contributed by atoms with Crippen LogP contribution in [0, 0.1) is 22.7 Å². The van der Waals surface area contributed by atoms with E-state index in [0.717, 1.165) is 57.1 Å². The number of aliphatic hydroxyl groups is 1. The van der Waals surface area contributed by atoms with Gasteiger partial charge in [0, 0.05) is 12.0 Å². The molecule has 1 N–H and O–H groups in total. The number of furan rings is 1. The van der Waals surface area contributed by atoms with E-state index >= 15 is 0 Å². The van der Waals surface area contributed by atoms with Crippen molar-refractivity contribution in [2.24, 2.45) is 22.7 Å². The Hall–Kier alpha value is -1.55. The molecular formula is C43H70O4. The van der Waals surface area contributed by atoms with Crippen LogP contribution in [0.5, 0.6) is 0 Å². The summed E-state index contributed by atoms with van der Waals surface area (Å²) in [5, 5.41) is 11.9. The van der Waals surface area contributed by atoms with Gasteiger partial charge in [0.25, 0.3) is 0 Å². The summed E-state index contributed by atoms with van der Waals surface area (Å²) in [4.78, 5) is 12.7. The summed E-state index contributed by atoms with van der Waals surface area (Å²) in [5.74, 6) is 2.23. The highest BCUT2D eigenvalue weighted by molar-refractivity contribution is 5.69. The number of hydrogen-bond acceptors (Lipinski definition) is 4. The second-order valence-electron chi connectivity index (χ2n) is 16.8. The fraction of sp³-hybridized carbons (Fsp3) is 0.837. The number of unbranched alkanes of at least 4 members (excludes halogenated alkanes) is 19. The zero-order chi connectivity index (χ0) is 33.0. The lowest BCUT2D eigenvalue weighted by Gasteiger charge is -2.58. The first-order valence-corrected chi connectivity index (χ1v) is 20.5. The predicted octanol–water partition coefficient (Wildman–Crippen LogP) is 12.5. The van der Waals surface area contributed by atoms with Crippen LogP contribution in [-0.4, -0.2) is 23.3 Å². The van der Waals surface area contributed by atoms with Crippen LogP contribution < -0.4 is 0 Å². The van der Waals surface area contributed by atoms with Gasteiger partial charge in [-0.25, -0.2) is 0 Å². The van der Waals surface area contributed by atoms with E-state index in [1.165, 1.54) is 121 Å². The lowest BCUT2D eigenvalue weighted by atomic mass is 9.46. The highest BCUT2D eigenvalue weighted by Crippen LogP contribution is 2.71. The third kappa shape index (κ3) is 9.37. The number of allylic oxidation sites excluding steroid dienone is 1. The van der Waals surface area contributed by atoms with Crippen molar-refractivity contribution in [1.29, 1.82) is 0 Å². The summed E-state index contributed by atoms with van der Waals surface area (Å²) < 4.78 is 11.6. The van der Waals surface area contributed by atoms with E-state index in [4.69, 9.17) is 9.15 Å². The van der Waals surface area contributed by atoms with Crippen LogP contribution in [0.1, 0.15) is 204 Å². The smallest absolute Gasteiger partial charge is 0.305 e. The minimum atomic E-state index is -0.861. The van der Waals surface area contributed by atoms with Crippen LogP contribution in [0.2, 0.25) is 0 Å². The summed E-state index contributed by atoms with van der Waals surface area (Å²) in [5.41, 5.74) is 0.779. The summed E-state index contributed by atoms with van der Waals surface area (Å²) >= 11 is 0. The van der Waals surface area contributed by atoms with Gasteiger partial charge < -0.3 is 14.3 Å². The average Bonchev–Trinajstić information content (AvgIpc) is 3.62. The molecule has 1 aromatic heterocycles. The van der Waals surface area contributed by atoms with Gasteiger partial charge in [-0.2, -0.15) is 0 Å². The Kier molecular flexibility index (Phi) is 14.0. The molecule has 1 spiro atoms. The van der Waals surface area contributed by atoms with E-state index in [1.54, 1.807) is 0 Å². The average molecular weight is 651 g/mol. The molecule has 4 nitrogen and oxygen atoms in total. The minimum Gasteiger partial charge on any atom is -0.465 e. The van der Waals surface area contributed by atoms with Crippen molar-refractivity contribution in [2.45, 2.75) is 199 Å². The van der Waals surface area contributed by atoms with Crippen molar-refractivity contribution in [3.8, 4) is 0 Å². The van der Waals surface area contributed by atoms with Crippen molar-refractivity contribution in [3.05, 3.63) is 29.7 Å². The molecule has 6 atom stereocenters. The largest absolute Gasteiger partial charge is 0.465 e. The van der Waals surface area contributed by atoms with Gasteiger partial charge in [0.1, 0.15) is 18.0 Å². The Morgan fingerprint density at radius 2 is 1.40 bits per heavy atom. The van der Waals surface area contributed by atoms with Crippen molar-refractivity contribution in [1.82, 2.24) is 0 Å². The normalized spacial score (nSPS) is 30.6. The van der Waals surface area contributed by atoms with Gasteiger partial charge in [-0.05, 0) is 85.7 Å². The second-order valence-corrected chi connectivity index (χ2v) is 16.8. The van der Waals surface area contributed by atoms with E-state index in [2.05, 4.69) is 32.1 Å². The van der Waals surface area contributed by atoms with Gasteiger partial charge in [-0.1, -0.05) is 142 Å². The third-order valence-electron chi connectivity index (χ3n) is 13.5. The Morgan fingerprint density at radius 1 is 0.830 bits per heavy atom. The highest BCUT2D eigenvalue weighted by Gasteiger charge is 2.65. The Labute approximate surface area is 288 Å². The van der Waals surface area contributed by atoms with Crippen LogP contribution in [0.3, 0.4) is 0 Å². The lowest BCUT2D eigenvalue weighted by Crippen LogP contribution is -2.49. The number of rotatable bonds is 23. The Balaban J connectivity index is 0.864. The number of hydrogen-bond donors (Lipinski definition) is 1. The SMILES string of the molecule is CCCCCCCCCCCCCCCCCCCCCCC(=O)OC[C@@]1(O)C[C@@]23CC[C@@H]4c5ccoc5C=C[C@@]4(C)[C@@H]2CC[C@@H]1C3. The molecule has 1 heterocycles. The molecule has 0 unspecified atom stereocenters. The summed E-state index contributed by atoms with van der Waals surface area (Å²) in [6.45, 7) is 4.93. The molecule has 3 fully saturated rings. The summed E-state index contributed by atoms with van der Waals surface area (Å²) in [6, 6.07) is 2.18. The minimum absolute atomic E-state index is 0.105. The standard InChI is InChI=1S/C43H70O4/c1-3-4-5-6-7-8-9-10-11-12-13-14-15-16-17-18-19-20-21-22-23-40(44)47-34-43(45)33-42-30-26-37-36-28-31-46-38(36)27-29-41(37,2)39(42)25-24-35(43)32-42/h27-29,31,35,37,39,45H,3-26,30,32-34H2,1-2H3/t35-,37-,39+,41-,42+,43+/m1/s1. The van der Waals surface area contributed by atoms with E-state index < -0.39 is 5.60 Å². The number of carbonyl (C=O) groups excluding carboxylic acids is 1. The molecule has 47 heavy (non-hydrogen) atoms. The van der Waals surface area contributed by atoms with Gasteiger partial charge in [-0.15, -0.1) is 0 Å². The van der Waals surface area contributed by atoms with Crippen molar-refractivity contribution >= 4 is 12.0 Å². The quantitative estimate of drug-likeness (QED) is 0.0945. The van der Waals surface area contributed by atoms with Crippen molar-refractivity contribution < 1.29 is 19.1 Å². The van der Waals surface area contributed by atoms with Crippen molar-refractivity contribution in [3.63, 3.8) is 0 Å². The second kappa shape index (κ2) is 17.9. The first kappa shape index (κ1) is 36.7. The predicted molar refractivity (Wildman–Crippen MR) is 194 cm³/mol. The Bertz CT molecular complexity index is 1110. The number of esters is 1. The first-order chi connectivity index (χ1) is 22.9. The van der Waals surface area contributed by atoms with E-state index in [9.17, 15) is 9.90 Å². The van der Waals surface area contributed by atoms with E-state index in [0.29, 0.717) is 18.3 Å². The van der Waals surface area contributed by atoms with Crippen LogP contribution in [0.15, 0.2) is 22.8 Å². The molecule has 0 aromatic carbocycles. The lowest BCUT2D eigenvalue weighted by molar-refractivity contribution is -0.154. The van der Waals surface area contributed by atoms with Crippen LogP contribution in [-0.2, 0) is 9.53 Å². The molecule has 0 saturated heterocycles. The molecule has 0 aliphatic heterocycles. The topological polar surface area (TPSA) is 59.7 Å². The van der Waals surface area contributed by atoms with E-state index in [-0.39, 0.29) is 29.3 Å². The maximum absolute atomic E-state index is 12.7. The zero-order valence-corrected chi connectivity index (χ0v) is 30.5.